The molecule has 0 saturated heterocycles. The maximum Gasteiger partial charge on any atom is 0.156 e. The largest absolute Gasteiger partial charge is 0.362 e. The molecule has 0 spiro atoms. The third-order valence-electron chi connectivity index (χ3n) is 3.51. The summed E-state index contributed by atoms with van der Waals surface area (Å²) in [6, 6.07) is 0.618. The average molecular weight is 226 g/mol. The van der Waals surface area contributed by atoms with Gasteiger partial charge < -0.3 is 5.32 Å². The SMILES string of the molecule is CC1CN=C(NC(C)C2CCCC2)SC1. The number of hydrogen-bond donors (Lipinski definition) is 1. The minimum atomic E-state index is 0.618. The normalized spacial score (nSPS) is 30.0. The summed E-state index contributed by atoms with van der Waals surface area (Å²) >= 11 is 1.90. The Balaban J connectivity index is 1.80. The molecule has 1 aliphatic heterocycles. The van der Waals surface area contributed by atoms with E-state index in [4.69, 9.17) is 0 Å². The molecule has 15 heavy (non-hydrogen) atoms. The first-order chi connectivity index (χ1) is 7.25. The van der Waals surface area contributed by atoms with Gasteiger partial charge in [-0.1, -0.05) is 31.5 Å². The van der Waals surface area contributed by atoms with E-state index < -0.39 is 0 Å². The highest BCUT2D eigenvalue weighted by molar-refractivity contribution is 8.13. The Morgan fingerprint density at radius 2 is 2.13 bits per heavy atom. The molecule has 2 unspecified atom stereocenters. The highest BCUT2D eigenvalue weighted by atomic mass is 32.2. The van der Waals surface area contributed by atoms with Crippen LogP contribution in [0.15, 0.2) is 4.99 Å². The minimum absolute atomic E-state index is 0.618. The van der Waals surface area contributed by atoms with Gasteiger partial charge in [0.1, 0.15) is 0 Å². The molecule has 1 fully saturated rings. The van der Waals surface area contributed by atoms with Crippen molar-refractivity contribution in [2.45, 2.75) is 45.6 Å². The van der Waals surface area contributed by atoms with Crippen molar-refractivity contribution in [1.82, 2.24) is 5.32 Å². The smallest absolute Gasteiger partial charge is 0.156 e. The second-order valence-corrected chi connectivity index (χ2v) is 6.05. The summed E-state index contributed by atoms with van der Waals surface area (Å²) < 4.78 is 0. The second-order valence-electron chi connectivity index (χ2n) is 5.04. The van der Waals surface area contributed by atoms with Crippen molar-refractivity contribution < 1.29 is 0 Å². The predicted molar refractivity (Wildman–Crippen MR) is 68.5 cm³/mol. The molecule has 1 heterocycles. The summed E-state index contributed by atoms with van der Waals surface area (Å²) in [5.74, 6) is 2.86. The van der Waals surface area contributed by atoms with E-state index in [1.54, 1.807) is 0 Å². The molecule has 0 radical (unpaired) electrons. The van der Waals surface area contributed by atoms with Gasteiger partial charge in [0.25, 0.3) is 0 Å². The van der Waals surface area contributed by atoms with Gasteiger partial charge in [-0.2, -0.15) is 0 Å². The van der Waals surface area contributed by atoms with Crippen LogP contribution in [0.5, 0.6) is 0 Å². The Bertz CT molecular complexity index is 234. The van der Waals surface area contributed by atoms with Crippen LogP contribution in [0.4, 0.5) is 0 Å². The van der Waals surface area contributed by atoms with E-state index in [0.29, 0.717) is 6.04 Å². The van der Waals surface area contributed by atoms with Crippen LogP contribution < -0.4 is 5.32 Å². The average Bonchev–Trinajstić information content (AvgIpc) is 2.74. The molecular weight excluding hydrogens is 204 g/mol. The lowest BCUT2D eigenvalue weighted by molar-refractivity contribution is 0.427. The van der Waals surface area contributed by atoms with Crippen LogP contribution in [0.25, 0.3) is 0 Å². The lowest BCUT2D eigenvalue weighted by Gasteiger charge is -2.25. The van der Waals surface area contributed by atoms with Crippen molar-refractivity contribution in [1.29, 1.82) is 0 Å². The second kappa shape index (κ2) is 5.24. The summed E-state index contributed by atoms with van der Waals surface area (Å²) in [5, 5.41) is 4.78. The van der Waals surface area contributed by atoms with Gasteiger partial charge in [0.15, 0.2) is 5.17 Å². The predicted octanol–water partition coefficient (Wildman–Crippen LogP) is 2.89. The molecule has 3 heteroatoms. The molecule has 0 aromatic rings. The van der Waals surface area contributed by atoms with E-state index >= 15 is 0 Å². The van der Waals surface area contributed by atoms with E-state index in [-0.39, 0.29) is 0 Å². The first-order valence-corrected chi connectivity index (χ1v) is 7.18. The Morgan fingerprint density at radius 3 is 2.73 bits per heavy atom. The van der Waals surface area contributed by atoms with Gasteiger partial charge in [0.2, 0.25) is 0 Å². The van der Waals surface area contributed by atoms with Crippen LogP contribution in [0.1, 0.15) is 39.5 Å². The number of thioether (sulfide) groups is 1. The van der Waals surface area contributed by atoms with Crippen LogP contribution >= 0.6 is 11.8 Å². The minimum Gasteiger partial charge on any atom is -0.362 e. The quantitative estimate of drug-likeness (QED) is 0.783. The number of aliphatic imine (C=N–C) groups is 1. The van der Waals surface area contributed by atoms with Gasteiger partial charge in [-0.05, 0) is 31.6 Å². The molecule has 2 aliphatic rings. The molecule has 0 amide bonds. The first-order valence-electron chi connectivity index (χ1n) is 6.19. The van der Waals surface area contributed by atoms with E-state index in [1.165, 1.54) is 36.6 Å². The molecule has 0 aromatic carbocycles. The maximum atomic E-state index is 4.59. The Morgan fingerprint density at radius 1 is 1.40 bits per heavy atom. The van der Waals surface area contributed by atoms with Crippen molar-refractivity contribution in [3.05, 3.63) is 0 Å². The third kappa shape index (κ3) is 3.13. The summed E-state index contributed by atoms with van der Waals surface area (Å²) in [6.45, 7) is 5.59. The number of hydrogen-bond acceptors (Lipinski definition) is 3. The van der Waals surface area contributed by atoms with Crippen LogP contribution in [-0.4, -0.2) is 23.5 Å². The van der Waals surface area contributed by atoms with E-state index in [1.807, 2.05) is 11.8 Å². The standard InChI is InChI=1S/C12H22N2S/c1-9-7-13-12(15-8-9)14-10(2)11-5-3-4-6-11/h9-11H,3-8H2,1-2H3,(H,13,14). The molecule has 1 aliphatic carbocycles. The van der Waals surface area contributed by atoms with Crippen LogP contribution in [0.2, 0.25) is 0 Å². The van der Waals surface area contributed by atoms with Gasteiger partial charge in [-0.25, -0.2) is 0 Å². The number of nitrogens with zero attached hydrogens (tertiary/aromatic N) is 1. The monoisotopic (exact) mass is 226 g/mol. The fourth-order valence-electron chi connectivity index (χ4n) is 2.42. The molecule has 2 rings (SSSR count). The third-order valence-corrected chi connectivity index (χ3v) is 4.77. The molecular formula is C12H22N2S. The molecule has 86 valence electrons. The van der Waals surface area contributed by atoms with Gasteiger partial charge in [0, 0.05) is 18.3 Å². The van der Waals surface area contributed by atoms with Crippen molar-refractivity contribution >= 4 is 16.9 Å². The summed E-state index contributed by atoms with van der Waals surface area (Å²) in [6.07, 6.45) is 5.66. The van der Waals surface area contributed by atoms with Crippen molar-refractivity contribution in [3.8, 4) is 0 Å². The van der Waals surface area contributed by atoms with Crippen LogP contribution in [0.3, 0.4) is 0 Å². The number of amidine groups is 1. The first kappa shape index (κ1) is 11.3. The van der Waals surface area contributed by atoms with Gasteiger partial charge >= 0.3 is 0 Å². The van der Waals surface area contributed by atoms with Crippen molar-refractivity contribution in [3.63, 3.8) is 0 Å². The molecule has 0 aromatic heterocycles. The van der Waals surface area contributed by atoms with E-state index in [0.717, 1.165) is 18.4 Å². The summed E-state index contributed by atoms with van der Waals surface area (Å²) in [7, 11) is 0. The highest BCUT2D eigenvalue weighted by Crippen LogP contribution is 2.28. The van der Waals surface area contributed by atoms with Crippen molar-refractivity contribution in [2.24, 2.45) is 16.8 Å². The van der Waals surface area contributed by atoms with E-state index in [9.17, 15) is 0 Å². The molecule has 2 atom stereocenters. The van der Waals surface area contributed by atoms with Gasteiger partial charge in [-0.15, -0.1) is 0 Å². The van der Waals surface area contributed by atoms with Crippen molar-refractivity contribution in [2.75, 3.05) is 12.3 Å². The Labute approximate surface area is 97.3 Å². The summed E-state index contributed by atoms with van der Waals surface area (Å²) in [4.78, 5) is 4.59. The maximum absolute atomic E-state index is 4.59. The number of rotatable bonds is 2. The molecule has 0 bridgehead atoms. The van der Waals surface area contributed by atoms with Gasteiger partial charge in [0.05, 0.1) is 0 Å². The van der Waals surface area contributed by atoms with Gasteiger partial charge in [-0.3, -0.25) is 4.99 Å². The topological polar surface area (TPSA) is 24.4 Å². The lowest BCUT2D eigenvalue weighted by Crippen LogP contribution is -2.37. The molecule has 1 saturated carbocycles. The lowest BCUT2D eigenvalue weighted by atomic mass is 10.0. The fraction of sp³-hybridized carbons (Fsp3) is 0.917. The van der Waals surface area contributed by atoms with Crippen LogP contribution in [-0.2, 0) is 0 Å². The fourth-order valence-corrected chi connectivity index (χ4v) is 3.40. The summed E-state index contributed by atoms with van der Waals surface area (Å²) in [5.41, 5.74) is 0. The Kier molecular flexibility index (Phi) is 3.95. The molecule has 2 nitrogen and oxygen atoms in total. The zero-order valence-corrected chi connectivity index (χ0v) is 10.6. The zero-order chi connectivity index (χ0) is 10.7. The Hall–Kier alpha value is -0.180. The number of nitrogens with one attached hydrogen (secondary N) is 1. The van der Waals surface area contributed by atoms with Crippen LogP contribution in [0, 0.1) is 11.8 Å². The van der Waals surface area contributed by atoms with E-state index in [2.05, 4.69) is 24.2 Å². The highest BCUT2D eigenvalue weighted by Gasteiger charge is 2.23. The molecule has 1 N–H and O–H groups in total. The zero-order valence-electron chi connectivity index (χ0n) is 9.83.